The first-order valence-electron chi connectivity index (χ1n) is 8.61. The van der Waals surface area contributed by atoms with E-state index in [1.165, 1.54) is 5.56 Å². The van der Waals surface area contributed by atoms with Gasteiger partial charge in [-0.1, -0.05) is 30.3 Å². The number of fused-ring (bicyclic) bond motifs is 1. The molecule has 0 radical (unpaired) electrons. The molecule has 0 bridgehead atoms. The fourth-order valence-electron chi connectivity index (χ4n) is 3.60. The molecular formula is C20H21NO3. The summed E-state index contributed by atoms with van der Waals surface area (Å²) in [5.41, 5.74) is 1.39. The van der Waals surface area contributed by atoms with Crippen molar-refractivity contribution in [3.8, 4) is 0 Å². The van der Waals surface area contributed by atoms with Crippen molar-refractivity contribution in [2.24, 2.45) is 0 Å². The van der Waals surface area contributed by atoms with Crippen LogP contribution in [0, 0.1) is 0 Å². The van der Waals surface area contributed by atoms with Gasteiger partial charge in [0, 0.05) is 17.8 Å². The van der Waals surface area contributed by atoms with Gasteiger partial charge in [-0.05, 0) is 50.7 Å². The van der Waals surface area contributed by atoms with Crippen molar-refractivity contribution in [2.75, 3.05) is 0 Å². The summed E-state index contributed by atoms with van der Waals surface area (Å²) in [5.74, 6) is -0.466. The lowest BCUT2D eigenvalue weighted by Gasteiger charge is -2.24. The highest BCUT2D eigenvalue weighted by Gasteiger charge is 2.44. The zero-order valence-electron chi connectivity index (χ0n) is 13.8. The Morgan fingerprint density at radius 2 is 1.92 bits per heavy atom. The molecule has 1 aliphatic heterocycles. The maximum Gasteiger partial charge on any atom is 0.345 e. The van der Waals surface area contributed by atoms with Gasteiger partial charge in [0.15, 0.2) is 0 Å². The van der Waals surface area contributed by atoms with E-state index >= 15 is 0 Å². The molecule has 4 nitrogen and oxygen atoms in total. The van der Waals surface area contributed by atoms with Gasteiger partial charge in [0.05, 0.1) is 0 Å². The second-order valence-corrected chi connectivity index (χ2v) is 7.01. The number of hydrogen-bond donors (Lipinski definition) is 0. The monoisotopic (exact) mass is 323 g/mol. The number of carbonyl (C=O) groups is 1. The van der Waals surface area contributed by atoms with E-state index in [-0.39, 0.29) is 17.2 Å². The molecule has 1 aromatic carbocycles. The first kappa shape index (κ1) is 15.2. The quantitative estimate of drug-likeness (QED) is 0.790. The molecule has 1 aromatic heterocycles. The van der Waals surface area contributed by atoms with Gasteiger partial charge >= 0.3 is 5.97 Å². The van der Waals surface area contributed by atoms with Crippen LogP contribution in [0.5, 0.6) is 0 Å². The first-order valence-corrected chi connectivity index (χ1v) is 8.61. The Morgan fingerprint density at radius 3 is 2.62 bits per heavy atom. The van der Waals surface area contributed by atoms with Crippen LogP contribution in [0.3, 0.4) is 0 Å². The number of hydrogen-bond acceptors (Lipinski definition) is 3. The summed E-state index contributed by atoms with van der Waals surface area (Å²) < 4.78 is 7.33. The van der Waals surface area contributed by atoms with Crippen LogP contribution in [-0.4, -0.2) is 10.5 Å². The molecular weight excluding hydrogens is 302 g/mol. The van der Waals surface area contributed by atoms with Gasteiger partial charge in [0.1, 0.15) is 11.2 Å². The number of esters is 1. The van der Waals surface area contributed by atoms with Crippen LogP contribution >= 0.6 is 0 Å². The lowest BCUT2D eigenvalue weighted by molar-refractivity contribution is -0.00388. The molecule has 1 fully saturated rings. The van der Waals surface area contributed by atoms with Gasteiger partial charge < -0.3 is 9.30 Å². The lowest BCUT2D eigenvalue weighted by atomic mass is 9.89. The number of pyridine rings is 1. The number of cyclic esters (lactones) is 1. The first-order chi connectivity index (χ1) is 11.6. The molecule has 4 heteroatoms. The molecule has 4 rings (SSSR count). The van der Waals surface area contributed by atoms with Gasteiger partial charge in [-0.2, -0.15) is 0 Å². The Labute approximate surface area is 141 Å². The normalized spacial score (nSPS) is 22.3. The Balaban J connectivity index is 1.56. The summed E-state index contributed by atoms with van der Waals surface area (Å²) in [4.78, 5) is 24.9. The molecule has 1 aliphatic carbocycles. The van der Waals surface area contributed by atoms with Crippen LogP contribution in [0.15, 0.2) is 47.4 Å². The number of rotatable bonds is 5. The Kier molecular flexibility index (Phi) is 3.56. The van der Waals surface area contributed by atoms with Crippen LogP contribution in [0.25, 0.3) is 0 Å². The van der Waals surface area contributed by atoms with E-state index in [0.29, 0.717) is 6.42 Å². The number of aryl methyl sites for hydroxylation is 1. The fraction of sp³-hybridized carbons (Fsp3) is 0.400. The van der Waals surface area contributed by atoms with Crippen molar-refractivity contribution in [1.82, 2.24) is 4.57 Å². The third kappa shape index (κ3) is 2.56. The van der Waals surface area contributed by atoms with Gasteiger partial charge in [0.2, 0.25) is 0 Å². The molecule has 124 valence electrons. The zero-order chi connectivity index (χ0) is 16.7. The van der Waals surface area contributed by atoms with Gasteiger partial charge in [-0.3, -0.25) is 4.79 Å². The van der Waals surface area contributed by atoms with Crippen molar-refractivity contribution in [2.45, 2.75) is 50.7 Å². The standard InChI is InChI=1S/C20H21NO3/c1-20(12-5-8-14-6-3-2-4-7-14)16-11-13-21(15-9-10-15)18(22)17(16)19(23)24-20/h2-4,6-7,11,13,15H,5,8-10,12H2,1H3. The van der Waals surface area contributed by atoms with Gasteiger partial charge in [0.25, 0.3) is 5.56 Å². The van der Waals surface area contributed by atoms with E-state index in [2.05, 4.69) is 12.1 Å². The Hall–Kier alpha value is -2.36. The third-order valence-corrected chi connectivity index (χ3v) is 5.11. The van der Waals surface area contributed by atoms with Crippen LogP contribution in [0.4, 0.5) is 0 Å². The molecule has 1 saturated carbocycles. The molecule has 1 atom stereocenters. The summed E-state index contributed by atoms with van der Waals surface area (Å²) in [6.07, 6.45) is 6.41. The lowest BCUT2D eigenvalue weighted by Crippen LogP contribution is -2.25. The maximum atomic E-state index is 12.6. The van der Waals surface area contributed by atoms with Gasteiger partial charge in [-0.15, -0.1) is 0 Å². The molecule has 0 saturated heterocycles. The van der Waals surface area contributed by atoms with Crippen LogP contribution in [0.2, 0.25) is 0 Å². The molecule has 2 heterocycles. The van der Waals surface area contributed by atoms with Crippen LogP contribution in [-0.2, 0) is 16.8 Å². The predicted octanol–water partition coefficient (Wildman–Crippen LogP) is 3.59. The average Bonchev–Trinajstić information content (AvgIpc) is 3.36. The highest BCUT2D eigenvalue weighted by molar-refractivity contribution is 5.94. The fourth-order valence-corrected chi connectivity index (χ4v) is 3.60. The Morgan fingerprint density at radius 1 is 1.17 bits per heavy atom. The predicted molar refractivity (Wildman–Crippen MR) is 91.1 cm³/mol. The number of ether oxygens (including phenoxy) is 1. The smallest absolute Gasteiger partial charge is 0.345 e. The second-order valence-electron chi connectivity index (χ2n) is 7.01. The van der Waals surface area contributed by atoms with Crippen LogP contribution in [0.1, 0.15) is 60.1 Å². The van der Waals surface area contributed by atoms with E-state index < -0.39 is 11.6 Å². The minimum atomic E-state index is -0.691. The largest absolute Gasteiger partial charge is 0.451 e. The van der Waals surface area contributed by atoms with E-state index in [1.54, 1.807) is 4.57 Å². The molecule has 2 aromatic rings. The highest BCUT2D eigenvalue weighted by atomic mass is 16.6. The average molecular weight is 323 g/mol. The minimum absolute atomic E-state index is 0.188. The third-order valence-electron chi connectivity index (χ3n) is 5.11. The second kappa shape index (κ2) is 5.62. The van der Waals surface area contributed by atoms with E-state index in [1.807, 2.05) is 37.4 Å². The zero-order valence-corrected chi connectivity index (χ0v) is 13.8. The van der Waals surface area contributed by atoms with E-state index in [9.17, 15) is 9.59 Å². The number of carbonyl (C=O) groups excluding carboxylic acids is 1. The molecule has 2 aliphatic rings. The summed E-state index contributed by atoms with van der Waals surface area (Å²) in [5, 5.41) is 0. The van der Waals surface area contributed by atoms with Crippen molar-refractivity contribution >= 4 is 5.97 Å². The van der Waals surface area contributed by atoms with Crippen molar-refractivity contribution in [1.29, 1.82) is 0 Å². The minimum Gasteiger partial charge on any atom is -0.451 e. The molecule has 0 amide bonds. The summed E-state index contributed by atoms with van der Waals surface area (Å²) in [6.45, 7) is 1.92. The molecule has 0 N–H and O–H groups in total. The number of benzene rings is 1. The van der Waals surface area contributed by atoms with E-state index in [0.717, 1.165) is 31.2 Å². The summed E-state index contributed by atoms with van der Waals surface area (Å²) in [6, 6.07) is 12.4. The Bertz CT molecular complexity index is 836. The molecule has 1 unspecified atom stereocenters. The van der Waals surface area contributed by atoms with Crippen molar-refractivity contribution in [3.63, 3.8) is 0 Å². The van der Waals surface area contributed by atoms with Crippen molar-refractivity contribution in [3.05, 3.63) is 69.6 Å². The topological polar surface area (TPSA) is 48.3 Å². The number of nitrogens with zero attached hydrogens (tertiary/aromatic N) is 1. The van der Waals surface area contributed by atoms with E-state index in [4.69, 9.17) is 4.74 Å². The van der Waals surface area contributed by atoms with Crippen LogP contribution < -0.4 is 5.56 Å². The maximum absolute atomic E-state index is 12.6. The van der Waals surface area contributed by atoms with Crippen molar-refractivity contribution < 1.29 is 9.53 Å². The molecule has 24 heavy (non-hydrogen) atoms. The number of aromatic nitrogens is 1. The summed E-state index contributed by atoms with van der Waals surface area (Å²) in [7, 11) is 0. The molecule has 0 spiro atoms. The SMILES string of the molecule is CC1(CCCc2ccccc2)OC(=O)c2c1ccn(C1CC1)c2=O. The highest BCUT2D eigenvalue weighted by Crippen LogP contribution is 2.40. The summed E-state index contributed by atoms with van der Waals surface area (Å²) >= 11 is 0. The van der Waals surface area contributed by atoms with Gasteiger partial charge in [-0.25, -0.2) is 4.79 Å².